The Kier molecular flexibility index (Phi) is 5.13. The maximum atomic E-state index is 12.3. The van der Waals surface area contributed by atoms with Crippen LogP contribution in [0.2, 0.25) is 5.02 Å². The van der Waals surface area contributed by atoms with Crippen molar-refractivity contribution in [1.29, 1.82) is 0 Å². The molecule has 0 bridgehead atoms. The lowest BCUT2D eigenvalue weighted by molar-refractivity contribution is -0.121. The maximum Gasteiger partial charge on any atom is 0.263 e. The predicted molar refractivity (Wildman–Crippen MR) is 87.1 cm³/mol. The van der Waals surface area contributed by atoms with E-state index in [2.05, 4.69) is 10.2 Å². The van der Waals surface area contributed by atoms with Gasteiger partial charge in [-0.15, -0.1) is 0 Å². The van der Waals surface area contributed by atoms with Gasteiger partial charge in [-0.1, -0.05) is 17.7 Å². The lowest BCUT2D eigenvalue weighted by Crippen LogP contribution is -2.44. The highest BCUT2D eigenvalue weighted by Crippen LogP contribution is 2.28. The zero-order chi connectivity index (χ0) is 17.1. The highest BCUT2D eigenvalue weighted by molar-refractivity contribution is 6.37. The second-order valence-electron chi connectivity index (χ2n) is 5.66. The molecule has 7 nitrogen and oxygen atoms in total. The van der Waals surface area contributed by atoms with Crippen LogP contribution in [0.4, 0.5) is 0 Å². The normalized spacial score (nSPS) is 18.0. The highest BCUT2D eigenvalue weighted by Gasteiger charge is 2.38. The van der Waals surface area contributed by atoms with Crippen LogP contribution >= 0.6 is 11.6 Å². The van der Waals surface area contributed by atoms with E-state index in [1.807, 2.05) is 0 Å². The number of carbonyl (C=O) groups is 3. The van der Waals surface area contributed by atoms with Gasteiger partial charge in [-0.3, -0.25) is 24.2 Å². The van der Waals surface area contributed by atoms with Crippen molar-refractivity contribution in [3.8, 4) is 0 Å². The van der Waals surface area contributed by atoms with Gasteiger partial charge in [0.1, 0.15) is 6.54 Å². The molecule has 2 heterocycles. The number of nitrogens with one attached hydrogen (secondary N) is 1. The second-order valence-corrected chi connectivity index (χ2v) is 6.07. The van der Waals surface area contributed by atoms with E-state index in [0.29, 0.717) is 26.3 Å². The van der Waals surface area contributed by atoms with Gasteiger partial charge in [-0.25, -0.2) is 0 Å². The number of carbonyl (C=O) groups excluding carboxylic acids is 3. The van der Waals surface area contributed by atoms with E-state index in [1.54, 1.807) is 12.1 Å². The van der Waals surface area contributed by atoms with Crippen LogP contribution in [0.1, 0.15) is 20.7 Å². The Morgan fingerprint density at radius 3 is 2.67 bits per heavy atom. The number of nitrogens with zero attached hydrogens (tertiary/aromatic N) is 2. The summed E-state index contributed by atoms with van der Waals surface area (Å²) < 4.78 is 5.26. The van der Waals surface area contributed by atoms with Gasteiger partial charge in [0, 0.05) is 26.2 Å². The Bertz CT molecular complexity index is 673. The largest absolute Gasteiger partial charge is 0.379 e. The molecule has 2 aliphatic heterocycles. The van der Waals surface area contributed by atoms with E-state index in [9.17, 15) is 14.4 Å². The average Bonchev–Trinajstić information content (AvgIpc) is 2.82. The van der Waals surface area contributed by atoms with Crippen LogP contribution < -0.4 is 5.32 Å². The summed E-state index contributed by atoms with van der Waals surface area (Å²) in [5.74, 6) is -1.38. The molecule has 0 unspecified atom stereocenters. The monoisotopic (exact) mass is 351 g/mol. The standard InChI is InChI=1S/C16H18ClN3O4/c17-12-3-1-2-11-14(12)16(23)20(15(11)22)10-13(21)18-4-5-19-6-8-24-9-7-19/h1-3H,4-10H2,(H,18,21). The Labute approximate surface area is 144 Å². The fourth-order valence-corrected chi connectivity index (χ4v) is 3.07. The third kappa shape index (κ3) is 3.43. The Morgan fingerprint density at radius 1 is 1.21 bits per heavy atom. The van der Waals surface area contributed by atoms with Crippen molar-refractivity contribution < 1.29 is 19.1 Å². The number of amides is 3. The second kappa shape index (κ2) is 7.29. The van der Waals surface area contributed by atoms with Crippen molar-refractivity contribution in [2.24, 2.45) is 0 Å². The molecule has 128 valence electrons. The number of ether oxygens (including phenoxy) is 1. The van der Waals surface area contributed by atoms with Crippen LogP contribution in [-0.4, -0.2) is 73.5 Å². The van der Waals surface area contributed by atoms with Crippen molar-refractivity contribution in [1.82, 2.24) is 15.1 Å². The Morgan fingerprint density at radius 2 is 1.96 bits per heavy atom. The number of hydrogen-bond donors (Lipinski definition) is 1. The lowest BCUT2D eigenvalue weighted by atomic mass is 10.1. The summed E-state index contributed by atoms with van der Waals surface area (Å²) >= 11 is 5.99. The molecule has 1 fully saturated rings. The van der Waals surface area contributed by atoms with E-state index >= 15 is 0 Å². The van der Waals surface area contributed by atoms with E-state index in [-0.39, 0.29) is 28.6 Å². The number of benzene rings is 1. The number of hydrogen-bond acceptors (Lipinski definition) is 5. The summed E-state index contributed by atoms with van der Waals surface area (Å²) in [4.78, 5) is 39.7. The molecule has 1 saturated heterocycles. The summed E-state index contributed by atoms with van der Waals surface area (Å²) in [5.41, 5.74) is 0.416. The van der Waals surface area contributed by atoms with Crippen LogP contribution in [0.15, 0.2) is 18.2 Å². The number of halogens is 1. The average molecular weight is 352 g/mol. The molecule has 0 radical (unpaired) electrons. The molecule has 8 heteroatoms. The van der Waals surface area contributed by atoms with Crippen molar-refractivity contribution in [2.45, 2.75) is 0 Å². The molecule has 24 heavy (non-hydrogen) atoms. The molecular weight excluding hydrogens is 334 g/mol. The summed E-state index contributed by atoms with van der Waals surface area (Å²) in [6.07, 6.45) is 0. The topological polar surface area (TPSA) is 79.0 Å². The number of imide groups is 1. The fraction of sp³-hybridized carbons (Fsp3) is 0.438. The van der Waals surface area contributed by atoms with Crippen molar-refractivity contribution in [2.75, 3.05) is 45.9 Å². The van der Waals surface area contributed by atoms with Gasteiger partial charge in [-0.2, -0.15) is 0 Å². The lowest BCUT2D eigenvalue weighted by Gasteiger charge is -2.26. The summed E-state index contributed by atoms with van der Waals surface area (Å²) in [5, 5.41) is 2.96. The quantitative estimate of drug-likeness (QED) is 0.776. The van der Waals surface area contributed by atoms with Crippen molar-refractivity contribution in [3.05, 3.63) is 34.3 Å². The molecule has 3 amide bonds. The Balaban J connectivity index is 1.53. The van der Waals surface area contributed by atoms with Gasteiger partial charge in [0.2, 0.25) is 5.91 Å². The molecule has 1 N–H and O–H groups in total. The van der Waals surface area contributed by atoms with Crippen LogP contribution in [0.5, 0.6) is 0 Å². The number of fused-ring (bicyclic) bond motifs is 1. The molecule has 0 aliphatic carbocycles. The van der Waals surface area contributed by atoms with Crippen molar-refractivity contribution in [3.63, 3.8) is 0 Å². The van der Waals surface area contributed by atoms with E-state index in [1.165, 1.54) is 6.07 Å². The predicted octanol–water partition coefficient (Wildman–Crippen LogP) is 0.384. The first-order valence-corrected chi connectivity index (χ1v) is 8.17. The smallest absolute Gasteiger partial charge is 0.263 e. The third-order valence-corrected chi connectivity index (χ3v) is 4.42. The third-order valence-electron chi connectivity index (χ3n) is 4.10. The minimum Gasteiger partial charge on any atom is -0.379 e. The van der Waals surface area contributed by atoms with Gasteiger partial charge < -0.3 is 10.1 Å². The Hall–Kier alpha value is -1.96. The zero-order valence-corrected chi connectivity index (χ0v) is 13.8. The highest BCUT2D eigenvalue weighted by atomic mass is 35.5. The first kappa shape index (κ1) is 16.9. The summed E-state index contributed by atoms with van der Waals surface area (Å²) in [6, 6.07) is 4.70. The van der Waals surface area contributed by atoms with Crippen molar-refractivity contribution >= 4 is 29.3 Å². The SMILES string of the molecule is O=C(CN1C(=O)c2cccc(Cl)c2C1=O)NCCN1CCOCC1. The minimum absolute atomic E-state index is 0.172. The minimum atomic E-state index is -0.524. The van der Waals surface area contributed by atoms with Gasteiger partial charge in [0.05, 0.1) is 29.4 Å². The first-order chi connectivity index (χ1) is 11.6. The number of rotatable bonds is 5. The molecule has 2 aliphatic rings. The summed E-state index contributed by atoms with van der Waals surface area (Å²) in [7, 11) is 0. The molecule has 0 saturated carbocycles. The van der Waals surface area contributed by atoms with E-state index < -0.39 is 11.8 Å². The van der Waals surface area contributed by atoms with Gasteiger partial charge in [0.15, 0.2) is 0 Å². The molecule has 1 aromatic rings. The van der Waals surface area contributed by atoms with E-state index in [0.717, 1.165) is 18.0 Å². The van der Waals surface area contributed by atoms with Gasteiger partial charge >= 0.3 is 0 Å². The van der Waals surface area contributed by atoms with Crippen LogP contribution in [-0.2, 0) is 9.53 Å². The molecule has 3 rings (SSSR count). The molecule has 1 aromatic carbocycles. The first-order valence-electron chi connectivity index (χ1n) is 7.79. The molecular formula is C16H18ClN3O4. The molecule has 0 aromatic heterocycles. The van der Waals surface area contributed by atoms with Crippen LogP contribution in [0.3, 0.4) is 0 Å². The van der Waals surface area contributed by atoms with Crippen LogP contribution in [0.25, 0.3) is 0 Å². The van der Waals surface area contributed by atoms with Gasteiger partial charge in [-0.05, 0) is 12.1 Å². The van der Waals surface area contributed by atoms with Crippen LogP contribution in [0, 0.1) is 0 Å². The maximum absolute atomic E-state index is 12.3. The number of morpholine rings is 1. The summed E-state index contributed by atoms with van der Waals surface area (Å²) in [6.45, 7) is 3.95. The van der Waals surface area contributed by atoms with Gasteiger partial charge in [0.25, 0.3) is 11.8 Å². The molecule has 0 spiro atoms. The fourth-order valence-electron chi connectivity index (χ4n) is 2.81. The van der Waals surface area contributed by atoms with E-state index in [4.69, 9.17) is 16.3 Å². The zero-order valence-electron chi connectivity index (χ0n) is 13.1. The molecule has 0 atom stereocenters.